The van der Waals surface area contributed by atoms with Crippen molar-refractivity contribution in [3.05, 3.63) is 82.6 Å². The molecule has 2 aromatic rings. The summed E-state index contributed by atoms with van der Waals surface area (Å²) in [6.45, 7) is 7.54. The first kappa shape index (κ1) is 17.9. The maximum absolute atomic E-state index is 12.5. The lowest BCUT2D eigenvalue weighted by atomic mass is 9.93. The molecule has 0 saturated heterocycles. The molecule has 2 atom stereocenters. The van der Waals surface area contributed by atoms with Crippen LogP contribution in [0.25, 0.3) is 11.6 Å². The number of aromatic nitrogens is 2. The fourth-order valence-electron chi connectivity index (χ4n) is 3.50. The molecule has 6 nitrogen and oxygen atoms in total. The van der Waals surface area contributed by atoms with Gasteiger partial charge in [-0.05, 0) is 29.5 Å². The molecule has 0 radical (unpaired) electrons. The molecule has 0 spiro atoms. The van der Waals surface area contributed by atoms with E-state index in [0.717, 1.165) is 11.1 Å². The summed E-state index contributed by atoms with van der Waals surface area (Å²) in [6, 6.07) is 8.69. The Morgan fingerprint density at radius 3 is 2.79 bits per heavy atom. The van der Waals surface area contributed by atoms with E-state index in [4.69, 9.17) is 0 Å². The Bertz CT molecular complexity index is 1080. The first-order valence-corrected chi connectivity index (χ1v) is 9.04. The number of benzene rings is 1. The van der Waals surface area contributed by atoms with E-state index in [9.17, 15) is 4.79 Å². The van der Waals surface area contributed by atoms with Crippen molar-refractivity contribution in [2.75, 3.05) is 7.05 Å². The van der Waals surface area contributed by atoms with Crippen LogP contribution in [0.3, 0.4) is 0 Å². The van der Waals surface area contributed by atoms with Crippen LogP contribution in [0.4, 0.5) is 5.69 Å². The van der Waals surface area contributed by atoms with Crippen LogP contribution in [-0.2, 0) is 6.54 Å². The van der Waals surface area contributed by atoms with Gasteiger partial charge in [-0.1, -0.05) is 49.1 Å². The second-order valence-electron chi connectivity index (χ2n) is 6.86. The number of fused-ring (bicyclic) bond motifs is 1. The summed E-state index contributed by atoms with van der Waals surface area (Å²) in [5, 5.41) is 0. The average Bonchev–Trinajstić information content (AvgIpc) is 3.10. The zero-order valence-corrected chi connectivity index (χ0v) is 15.7. The second kappa shape index (κ2) is 7.23. The zero-order valence-electron chi connectivity index (χ0n) is 15.7. The quantitative estimate of drug-likeness (QED) is 0.759. The van der Waals surface area contributed by atoms with E-state index in [2.05, 4.69) is 63.5 Å². The lowest BCUT2D eigenvalue weighted by Crippen LogP contribution is -2.32. The van der Waals surface area contributed by atoms with E-state index in [-0.39, 0.29) is 23.3 Å². The lowest BCUT2D eigenvalue weighted by Gasteiger charge is -2.24. The minimum absolute atomic E-state index is 0.207. The highest BCUT2D eigenvalue weighted by Gasteiger charge is 2.27. The summed E-state index contributed by atoms with van der Waals surface area (Å²) < 4.78 is 1.53. The largest absolute Gasteiger partial charge is 0.357 e. The van der Waals surface area contributed by atoms with Gasteiger partial charge in [-0.25, -0.2) is 4.98 Å². The van der Waals surface area contributed by atoms with Crippen molar-refractivity contribution >= 4 is 30.4 Å². The molecule has 1 aliphatic heterocycles. The van der Waals surface area contributed by atoms with Crippen molar-refractivity contribution in [3.8, 4) is 0 Å². The van der Waals surface area contributed by atoms with Gasteiger partial charge in [0.15, 0.2) is 5.69 Å². The summed E-state index contributed by atoms with van der Waals surface area (Å²) >= 11 is 0. The van der Waals surface area contributed by atoms with Crippen molar-refractivity contribution in [1.29, 1.82) is 0 Å². The molecule has 2 aliphatic rings. The van der Waals surface area contributed by atoms with Gasteiger partial charge in [0, 0.05) is 7.05 Å². The molecule has 28 heavy (non-hydrogen) atoms. The van der Waals surface area contributed by atoms with Crippen molar-refractivity contribution in [2.45, 2.75) is 18.6 Å². The number of likely N-dealkylation sites (N-methyl/N-ethyl adjacent to an activating group) is 1. The Hall–Kier alpha value is -3.54. The van der Waals surface area contributed by atoms with Gasteiger partial charge in [-0.15, -0.1) is 0 Å². The number of hydrogen-bond donors (Lipinski definition) is 0. The number of allylic oxidation sites excluding steroid dienone is 2. The standard InChI is InChI=1S/C22H21N5O/c1-4-18-21(23-2)22(28)27(14-25-18)12-15-5-7-16(8-6-15)17-9-10-19-20(11-17)26(3)13-24-19/h4-11,13-14,19-20H,1-2,12H2,3H3. The van der Waals surface area contributed by atoms with E-state index in [1.54, 1.807) is 0 Å². The Balaban J connectivity index is 1.56. The molecular weight excluding hydrogens is 350 g/mol. The number of rotatable bonds is 5. The highest BCUT2D eigenvalue weighted by molar-refractivity contribution is 5.78. The average molecular weight is 371 g/mol. The van der Waals surface area contributed by atoms with Gasteiger partial charge in [-0.2, -0.15) is 0 Å². The predicted molar refractivity (Wildman–Crippen MR) is 114 cm³/mol. The van der Waals surface area contributed by atoms with E-state index in [0.29, 0.717) is 12.2 Å². The van der Waals surface area contributed by atoms with E-state index < -0.39 is 0 Å². The summed E-state index contributed by atoms with van der Waals surface area (Å²) in [7, 11) is 2.04. The summed E-state index contributed by atoms with van der Waals surface area (Å²) in [6.07, 6.45) is 11.4. The van der Waals surface area contributed by atoms with Gasteiger partial charge >= 0.3 is 0 Å². The molecule has 0 fully saturated rings. The van der Waals surface area contributed by atoms with Gasteiger partial charge in [0.1, 0.15) is 0 Å². The van der Waals surface area contributed by atoms with Crippen LogP contribution in [-0.4, -0.2) is 46.6 Å². The molecular formula is C22H21N5O. The van der Waals surface area contributed by atoms with Crippen molar-refractivity contribution in [2.24, 2.45) is 9.98 Å². The van der Waals surface area contributed by atoms with Crippen LogP contribution < -0.4 is 5.56 Å². The predicted octanol–water partition coefficient (Wildman–Crippen LogP) is 2.93. The monoisotopic (exact) mass is 371 g/mol. The molecule has 0 bridgehead atoms. The second-order valence-corrected chi connectivity index (χ2v) is 6.86. The van der Waals surface area contributed by atoms with Gasteiger partial charge in [0.25, 0.3) is 5.56 Å². The maximum atomic E-state index is 12.5. The van der Waals surface area contributed by atoms with Crippen LogP contribution in [0.2, 0.25) is 0 Å². The van der Waals surface area contributed by atoms with Crippen molar-refractivity contribution in [1.82, 2.24) is 14.5 Å². The molecule has 1 aliphatic carbocycles. The Morgan fingerprint density at radius 2 is 2.07 bits per heavy atom. The number of hydrogen-bond acceptors (Lipinski definition) is 5. The fourth-order valence-corrected chi connectivity index (χ4v) is 3.50. The molecule has 0 saturated carbocycles. The molecule has 4 rings (SSSR count). The summed E-state index contributed by atoms with van der Waals surface area (Å²) in [4.78, 5) is 27.2. The van der Waals surface area contributed by atoms with Gasteiger partial charge in [0.2, 0.25) is 0 Å². The molecule has 1 aromatic carbocycles. The van der Waals surface area contributed by atoms with E-state index in [1.807, 2.05) is 25.5 Å². The van der Waals surface area contributed by atoms with E-state index in [1.165, 1.54) is 22.5 Å². The first-order valence-electron chi connectivity index (χ1n) is 9.04. The van der Waals surface area contributed by atoms with Crippen LogP contribution in [0, 0.1) is 0 Å². The maximum Gasteiger partial charge on any atom is 0.280 e. The topological polar surface area (TPSA) is 62.9 Å². The van der Waals surface area contributed by atoms with E-state index >= 15 is 0 Å². The summed E-state index contributed by atoms with van der Waals surface area (Å²) in [5.74, 6) is 0. The molecule has 140 valence electrons. The number of nitrogens with zero attached hydrogens (tertiary/aromatic N) is 5. The van der Waals surface area contributed by atoms with Crippen molar-refractivity contribution in [3.63, 3.8) is 0 Å². The molecule has 6 heteroatoms. The van der Waals surface area contributed by atoms with Crippen LogP contribution in [0.15, 0.2) is 70.2 Å². The molecule has 0 N–H and O–H groups in total. The third kappa shape index (κ3) is 3.13. The third-order valence-corrected chi connectivity index (χ3v) is 5.10. The molecule has 2 heterocycles. The highest BCUT2D eigenvalue weighted by atomic mass is 16.1. The van der Waals surface area contributed by atoms with Gasteiger partial charge in [0.05, 0.1) is 37.0 Å². The smallest absolute Gasteiger partial charge is 0.280 e. The minimum atomic E-state index is -0.225. The van der Waals surface area contributed by atoms with Gasteiger partial charge in [-0.3, -0.25) is 19.3 Å². The Kier molecular flexibility index (Phi) is 4.61. The lowest BCUT2D eigenvalue weighted by molar-refractivity contribution is 0.446. The first-order chi connectivity index (χ1) is 13.6. The van der Waals surface area contributed by atoms with Crippen molar-refractivity contribution < 1.29 is 0 Å². The zero-order chi connectivity index (χ0) is 19.7. The summed E-state index contributed by atoms with van der Waals surface area (Å²) in [5.41, 5.74) is 3.77. The Morgan fingerprint density at radius 1 is 1.29 bits per heavy atom. The third-order valence-electron chi connectivity index (χ3n) is 5.10. The normalized spacial score (nSPS) is 20.0. The van der Waals surface area contributed by atoms with Gasteiger partial charge < -0.3 is 4.90 Å². The number of aliphatic imine (C=N–C) groups is 2. The molecule has 1 aromatic heterocycles. The Labute approximate surface area is 163 Å². The molecule has 0 amide bonds. The van der Waals surface area contributed by atoms with Crippen LogP contribution >= 0.6 is 0 Å². The minimum Gasteiger partial charge on any atom is -0.357 e. The highest BCUT2D eigenvalue weighted by Crippen LogP contribution is 2.27. The van der Waals surface area contributed by atoms with Crippen LogP contribution in [0.5, 0.6) is 0 Å². The fraction of sp³-hybridized carbons (Fsp3) is 0.182. The van der Waals surface area contributed by atoms with Crippen LogP contribution in [0.1, 0.15) is 16.8 Å². The molecule has 2 unspecified atom stereocenters. The SMILES string of the molecule is C=Cc1ncn(Cc2ccc(C3=CC4C(C=C3)N=CN4C)cc2)c(=O)c1N=C.